The SMILES string of the molecule is CN(C)C(=O)NCCNS(=O)(=O)c1cc(N)c(F)cc1Br. The van der Waals surface area contributed by atoms with Crippen LogP contribution in [0, 0.1) is 5.82 Å². The smallest absolute Gasteiger partial charge is 0.316 e. The first-order chi connectivity index (χ1) is 9.65. The van der Waals surface area contributed by atoms with Crippen molar-refractivity contribution in [3.05, 3.63) is 22.4 Å². The molecule has 2 amide bonds. The van der Waals surface area contributed by atoms with E-state index in [4.69, 9.17) is 5.73 Å². The summed E-state index contributed by atoms with van der Waals surface area (Å²) in [5, 5.41) is 2.50. The van der Waals surface area contributed by atoms with Crippen LogP contribution >= 0.6 is 15.9 Å². The molecule has 0 saturated carbocycles. The average Bonchev–Trinajstić information content (AvgIpc) is 2.38. The largest absolute Gasteiger partial charge is 0.396 e. The molecule has 0 aliphatic rings. The molecular weight excluding hydrogens is 367 g/mol. The van der Waals surface area contributed by atoms with Crippen molar-refractivity contribution in [3.8, 4) is 0 Å². The summed E-state index contributed by atoms with van der Waals surface area (Å²) >= 11 is 2.98. The molecular formula is C11H16BrFN4O3S. The second-order valence-corrected chi connectivity index (χ2v) is 6.92. The van der Waals surface area contributed by atoms with E-state index in [0.717, 1.165) is 12.1 Å². The third-order valence-corrected chi connectivity index (χ3v) is 4.86. The number of rotatable bonds is 5. The van der Waals surface area contributed by atoms with Crippen molar-refractivity contribution < 1.29 is 17.6 Å². The van der Waals surface area contributed by atoms with Gasteiger partial charge in [0.2, 0.25) is 10.0 Å². The zero-order valence-electron chi connectivity index (χ0n) is 11.5. The Labute approximate surface area is 130 Å². The molecule has 1 aromatic rings. The molecule has 0 aliphatic carbocycles. The molecule has 0 saturated heterocycles. The Morgan fingerprint density at radius 2 is 2.00 bits per heavy atom. The van der Waals surface area contributed by atoms with Crippen LogP contribution in [-0.4, -0.2) is 46.5 Å². The van der Waals surface area contributed by atoms with Crippen molar-refractivity contribution in [2.45, 2.75) is 4.90 Å². The van der Waals surface area contributed by atoms with Gasteiger partial charge in [-0.05, 0) is 28.1 Å². The number of halogens is 2. The predicted molar refractivity (Wildman–Crippen MR) is 80.8 cm³/mol. The molecule has 118 valence electrons. The zero-order valence-corrected chi connectivity index (χ0v) is 13.9. The van der Waals surface area contributed by atoms with Gasteiger partial charge >= 0.3 is 6.03 Å². The fraction of sp³-hybridized carbons (Fsp3) is 0.364. The first-order valence-corrected chi connectivity index (χ1v) is 8.12. The molecule has 0 aliphatic heterocycles. The minimum absolute atomic E-state index is 0.00830. The van der Waals surface area contributed by atoms with Gasteiger partial charge in [-0.3, -0.25) is 0 Å². The van der Waals surface area contributed by atoms with Gasteiger partial charge < -0.3 is 16.0 Å². The van der Waals surface area contributed by atoms with Crippen LogP contribution in [0.15, 0.2) is 21.5 Å². The molecule has 0 fully saturated rings. The highest BCUT2D eigenvalue weighted by atomic mass is 79.9. The molecule has 0 atom stereocenters. The van der Waals surface area contributed by atoms with Gasteiger partial charge in [0.15, 0.2) is 0 Å². The molecule has 0 radical (unpaired) electrons. The Morgan fingerprint density at radius 1 is 1.38 bits per heavy atom. The number of nitrogens with zero attached hydrogens (tertiary/aromatic N) is 1. The third-order valence-electron chi connectivity index (χ3n) is 2.44. The van der Waals surface area contributed by atoms with Gasteiger partial charge in [-0.25, -0.2) is 22.3 Å². The molecule has 0 spiro atoms. The normalized spacial score (nSPS) is 11.2. The number of urea groups is 1. The lowest BCUT2D eigenvalue weighted by Gasteiger charge is -2.13. The number of amides is 2. The van der Waals surface area contributed by atoms with Crippen LogP contribution in [0.1, 0.15) is 0 Å². The van der Waals surface area contributed by atoms with Crippen LogP contribution in [0.25, 0.3) is 0 Å². The predicted octanol–water partition coefficient (Wildman–Crippen LogP) is 0.720. The summed E-state index contributed by atoms with van der Waals surface area (Å²) in [6.45, 7) is 0.107. The average molecular weight is 383 g/mol. The lowest BCUT2D eigenvalue weighted by molar-refractivity contribution is 0.217. The van der Waals surface area contributed by atoms with Crippen molar-refractivity contribution in [3.63, 3.8) is 0 Å². The van der Waals surface area contributed by atoms with Gasteiger partial charge in [0, 0.05) is 31.7 Å². The summed E-state index contributed by atoms with van der Waals surface area (Å²) in [6.07, 6.45) is 0. The number of anilines is 1. The van der Waals surface area contributed by atoms with Gasteiger partial charge in [0.05, 0.1) is 10.6 Å². The molecule has 0 unspecified atom stereocenters. The molecule has 0 aromatic heterocycles. The fourth-order valence-corrected chi connectivity index (χ4v) is 3.42. The van der Waals surface area contributed by atoms with Crippen molar-refractivity contribution >= 4 is 37.7 Å². The molecule has 10 heteroatoms. The van der Waals surface area contributed by atoms with Crippen molar-refractivity contribution in [1.82, 2.24) is 14.9 Å². The second-order valence-electron chi connectivity index (χ2n) is 4.33. The van der Waals surface area contributed by atoms with E-state index in [1.54, 1.807) is 14.1 Å². The summed E-state index contributed by atoms with van der Waals surface area (Å²) < 4.78 is 39.7. The van der Waals surface area contributed by atoms with Gasteiger partial charge in [-0.2, -0.15) is 0 Å². The summed E-state index contributed by atoms with van der Waals surface area (Å²) in [6, 6.07) is 1.68. The van der Waals surface area contributed by atoms with E-state index in [0.29, 0.717) is 0 Å². The first-order valence-electron chi connectivity index (χ1n) is 5.84. The fourth-order valence-electron chi connectivity index (χ4n) is 1.34. The van der Waals surface area contributed by atoms with Crippen LogP contribution in [0.5, 0.6) is 0 Å². The summed E-state index contributed by atoms with van der Waals surface area (Å²) in [4.78, 5) is 12.4. The highest BCUT2D eigenvalue weighted by Crippen LogP contribution is 2.26. The van der Waals surface area contributed by atoms with E-state index in [2.05, 4.69) is 26.0 Å². The Balaban J connectivity index is 2.71. The van der Waals surface area contributed by atoms with Crippen LogP contribution in [0.2, 0.25) is 0 Å². The maximum absolute atomic E-state index is 13.2. The lowest BCUT2D eigenvalue weighted by atomic mass is 10.3. The maximum Gasteiger partial charge on any atom is 0.316 e. The van der Waals surface area contributed by atoms with Crippen molar-refractivity contribution in [2.24, 2.45) is 0 Å². The standard InChI is InChI=1S/C11H16BrFN4O3S/c1-17(2)11(18)15-3-4-16-21(19,20)10-6-9(14)8(13)5-7(10)12/h5-6,16H,3-4,14H2,1-2H3,(H,15,18). The molecule has 21 heavy (non-hydrogen) atoms. The minimum Gasteiger partial charge on any atom is -0.396 e. The number of nitrogens with one attached hydrogen (secondary N) is 2. The molecule has 0 bridgehead atoms. The van der Waals surface area contributed by atoms with Crippen molar-refractivity contribution in [2.75, 3.05) is 32.9 Å². The minimum atomic E-state index is -3.86. The van der Waals surface area contributed by atoms with E-state index in [1.807, 2.05) is 0 Å². The maximum atomic E-state index is 13.2. The highest BCUT2D eigenvalue weighted by Gasteiger charge is 2.19. The number of carbonyl (C=O) groups excluding carboxylic acids is 1. The highest BCUT2D eigenvalue weighted by molar-refractivity contribution is 9.10. The first kappa shape index (κ1) is 17.7. The Hall–Kier alpha value is -1.39. The molecule has 1 aromatic carbocycles. The van der Waals surface area contributed by atoms with E-state index >= 15 is 0 Å². The summed E-state index contributed by atoms with van der Waals surface area (Å²) in [5.41, 5.74) is 5.10. The number of nitrogens with two attached hydrogens (primary N) is 1. The van der Waals surface area contributed by atoms with Gasteiger partial charge in [-0.1, -0.05) is 0 Å². The summed E-state index contributed by atoms with van der Waals surface area (Å²) in [7, 11) is -0.722. The monoisotopic (exact) mass is 382 g/mol. The van der Waals surface area contributed by atoms with E-state index < -0.39 is 15.8 Å². The number of sulfonamides is 1. The van der Waals surface area contributed by atoms with E-state index in [9.17, 15) is 17.6 Å². The van der Waals surface area contributed by atoms with Gasteiger partial charge in [0.25, 0.3) is 0 Å². The van der Waals surface area contributed by atoms with Crippen LogP contribution in [0.3, 0.4) is 0 Å². The topological polar surface area (TPSA) is 105 Å². The number of hydrogen-bond acceptors (Lipinski definition) is 4. The third kappa shape index (κ3) is 4.83. The van der Waals surface area contributed by atoms with Crippen LogP contribution < -0.4 is 15.8 Å². The molecule has 0 heterocycles. The number of hydrogen-bond donors (Lipinski definition) is 3. The lowest BCUT2D eigenvalue weighted by Crippen LogP contribution is -2.39. The molecule has 4 N–H and O–H groups in total. The van der Waals surface area contributed by atoms with E-state index in [1.165, 1.54) is 4.90 Å². The quantitative estimate of drug-likeness (QED) is 0.515. The Kier molecular flexibility index (Phi) is 5.93. The Bertz CT molecular complexity index is 637. The number of benzene rings is 1. The van der Waals surface area contributed by atoms with Crippen molar-refractivity contribution in [1.29, 1.82) is 0 Å². The zero-order chi connectivity index (χ0) is 16.2. The van der Waals surface area contributed by atoms with Gasteiger partial charge in [-0.15, -0.1) is 0 Å². The van der Waals surface area contributed by atoms with Gasteiger partial charge in [0.1, 0.15) is 5.82 Å². The number of nitrogen functional groups attached to an aromatic ring is 1. The summed E-state index contributed by atoms with van der Waals surface area (Å²) in [5.74, 6) is -0.709. The molecule has 7 nitrogen and oxygen atoms in total. The van der Waals surface area contributed by atoms with Crippen LogP contribution in [-0.2, 0) is 10.0 Å². The number of carbonyl (C=O) groups is 1. The second kappa shape index (κ2) is 7.05. The van der Waals surface area contributed by atoms with E-state index in [-0.39, 0.29) is 34.2 Å². The van der Waals surface area contributed by atoms with Crippen LogP contribution in [0.4, 0.5) is 14.9 Å². The molecule has 1 rings (SSSR count). The Morgan fingerprint density at radius 3 is 2.57 bits per heavy atom.